The molecule has 174 valence electrons. The van der Waals surface area contributed by atoms with Gasteiger partial charge in [-0.3, -0.25) is 15.0 Å². The Balaban J connectivity index is 1.74. The molecule has 2 aromatic carbocycles. The third kappa shape index (κ3) is 6.61. The smallest absolute Gasteiger partial charge is 0.273 e. The van der Waals surface area contributed by atoms with E-state index in [1.165, 1.54) is 12.1 Å². The van der Waals surface area contributed by atoms with Gasteiger partial charge < -0.3 is 9.47 Å². The van der Waals surface area contributed by atoms with E-state index in [0.717, 1.165) is 5.56 Å². The SMILES string of the molecule is CC(C)(CS(=O)(=O)c1ccc(Oc2ccccc2)cc1)[C@H](OCc1ccncc1)C(=O)NO. The van der Waals surface area contributed by atoms with Crippen LogP contribution in [0.1, 0.15) is 19.4 Å². The summed E-state index contributed by atoms with van der Waals surface area (Å²) in [4.78, 5) is 16.3. The van der Waals surface area contributed by atoms with Gasteiger partial charge in [-0.05, 0) is 54.1 Å². The summed E-state index contributed by atoms with van der Waals surface area (Å²) in [5.41, 5.74) is 1.18. The number of hydrogen-bond acceptors (Lipinski definition) is 7. The van der Waals surface area contributed by atoms with E-state index >= 15 is 0 Å². The summed E-state index contributed by atoms with van der Waals surface area (Å²) >= 11 is 0. The Labute approximate surface area is 193 Å². The normalized spacial score (nSPS) is 12.7. The minimum absolute atomic E-state index is 0.0512. The first-order valence-corrected chi connectivity index (χ1v) is 11.9. The highest BCUT2D eigenvalue weighted by atomic mass is 32.2. The van der Waals surface area contributed by atoms with Crippen molar-refractivity contribution in [3.8, 4) is 11.5 Å². The predicted octanol–water partition coefficient (Wildman–Crippen LogP) is 3.76. The van der Waals surface area contributed by atoms with E-state index in [9.17, 15) is 18.4 Å². The first-order valence-electron chi connectivity index (χ1n) is 10.2. The summed E-state index contributed by atoms with van der Waals surface area (Å²) in [5.74, 6) is -0.0696. The second-order valence-corrected chi connectivity index (χ2v) is 10.1. The third-order valence-electron chi connectivity index (χ3n) is 4.95. The number of sulfone groups is 1. The van der Waals surface area contributed by atoms with Crippen LogP contribution in [-0.4, -0.2) is 36.4 Å². The topological polar surface area (TPSA) is 115 Å². The van der Waals surface area contributed by atoms with Gasteiger partial charge in [-0.25, -0.2) is 13.9 Å². The van der Waals surface area contributed by atoms with Gasteiger partial charge >= 0.3 is 0 Å². The van der Waals surface area contributed by atoms with Crippen LogP contribution < -0.4 is 10.2 Å². The lowest BCUT2D eigenvalue weighted by Gasteiger charge is -2.32. The standard InChI is InChI=1S/C24H26N2O6S/c1-24(2,22(23(27)26-28)31-16-18-12-14-25-15-13-18)17-33(29,30)21-10-8-20(9-11-21)32-19-6-4-3-5-7-19/h3-15,22,28H,16-17H2,1-2H3,(H,26,27)/t22-/m1/s1. The number of benzene rings is 2. The second-order valence-electron chi connectivity index (χ2n) is 8.16. The Morgan fingerprint density at radius 2 is 1.61 bits per heavy atom. The molecule has 0 aliphatic carbocycles. The molecule has 1 aromatic heterocycles. The van der Waals surface area contributed by atoms with E-state index < -0.39 is 27.3 Å². The molecule has 8 nitrogen and oxygen atoms in total. The molecule has 3 aromatic rings. The molecule has 9 heteroatoms. The van der Waals surface area contributed by atoms with Crippen LogP contribution in [0.5, 0.6) is 11.5 Å². The van der Waals surface area contributed by atoms with Gasteiger partial charge in [0.05, 0.1) is 17.3 Å². The highest BCUT2D eigenvalue weighted by Crippen LogP contribution is 2.30. The fraction of sp³-hybridized carbons (Fsp3) is 0.250. The number of amides is 1. The number of hydroxylamine groups is 1. The highest BCUT2D eigenvalue weighted by Gasteiger charge is 2.40. The van der Waals surface area contributed by atoms with E-state index in [-0.39, 0.29) is 17.3 Å². The first-order chi connectivity index (χ1) is 15.7. The third-order valence-corrected chi connectivity index (χ3v) is 7.06. The molecule has 1 heterocycles. The van der Waals surface area contributed by atoms with Crippen molar-refractivity contribution in [2.24, 2.45) is 5.41 Å². The monoisotopic (exact) mass is 470 g/mol. The minimum Gasteiger partial charge on any atom is -0.457 e. The number of aromatic nitrogens is 1. The van der Waals surface area contributed by atoms with Crippen molar-refractivity contribution in [2.75, 3.05) is 5.75 Å². The van der Waals surface area contributed by atoms with Gasteiger partial charge in [0.25, 0.3) is 5.91 Å². The van der Waals surface area contributed by atoms with E-state index in [4.69, 9.17) is 9.47 Å². The number of pyridine rings is 1. The van der Waals surface area contributed by atoms with Gasteiger partial charge in [0.2, 0.25) is 0 Å². The summed E-state index contributed by atoms with van der Waals surface area (Å²) in [7, 11) is -3.78. The lowest BCUT2D eigenvalue weighted by Crippen LogP contribution is -2.47. The lowest BCUT2D eigenvalue weighted by atomic mass is 9.88. The van der Waals surface area contributed by atoms with Crippen LogP contribution in [0.25, 0.3) is 0 Å². The zero-order valence-corrected chi connectivity index (χ0v) is 19.2. The molecule has 0 fully saturated rings. The number of nitrogens with one attached hydrogen (secondary N) is 1. The Kier molecular flexibility index (Phi) is 7.80. The van der Waals surface area contributed by atoms with Crippen LogP contribution in [0.3, 0.4) is 0 Å². The van der Waals surface area contributed by atoms with Crippen molar-refractivity contribution in [3.63, 3.8) is 0 Å². The molecule has 0 bridgehead atoms. The summed E-state index contributed by atoms with van der Waals surface area (Å²) in [5, 5.41) is 9.18. The average molecular weight is 471 g/mol. The van der Waals surface area contributed by atoms with Gasteiger partial charge in [0.15, 0.2) is 9.84 Å². The molecule has 1 atom stereocenters. The first kappa shape index (κ1) is 24.4. The van der Waals surface area contributed by atoms with Crippen LogP contribution in [-0.2, 0) is 26.0 Å². The molecule has 0 saturated carbocycles. The Morgan fingerprint density at radius 1 is 1.00 bits per heavy atom. The number of rotatable bonds is 10. The molecule has 0 unspecified atom stereocenters. The fourth-order valence-corrected chi connectivity index (χ4v) is 5.21. The van der Waals surface area contributed by atoms with Crippen molar-refractivity contribution < 1.29 is 27.9 Å². The van der Waals surface area contributed by atoms with Crippen molar-refractivity contribution >= 4 is 15.7 Å². The molecule has 0 saturated heterocycles. The maximum Gasteiger partial charge on any atom is 0.273 e. The van der Waals surface area contributed by atoms with Gasteiger partial charge in [-0.2, -0.15) is 0 Å². The molecule has 1 amide bonds. The number of carbonyl (C=O) groups is 1. The lowest BCUT2D eigenvalue weighted by molar-refractivity contribution is -0.149. The van der Waals surface area contributed by atoms with Gasteiger partial charge in [-0.15, -0.1) is 0 Å². The second kappa shape index (κ2) is 10.6. The van der Waals surface area contributed by atoms with E-state index in [0.29, 0.717) is 11.5 Å². The molecular weight excluding hydrogens is 444 g/mol. The average Bonchev–Trinajstić information content (AvgIpc) is 2.80. The number of nitrogens with zero attached hydrogens (tertiary/aromatic N) is 1. The molecular formula is C24H26N2O6S. The van der Waals surface area contributed by atoms with Crippen molar-refractivity contribution in [2.45, 2.75) is 31.5 Å². The van der Waals surface area contributed by atoms with Gasteiger partial charge in [0.1, 0.15) is 17.6 Å². The van der Waals surface area contributed by atoms with Gasteiger partial charge in [0, 0.05) is 17.8 Å². The van der Waals surface area contributed by atoms with Gasteiger partial charge in [-0.1, -0.05) is 32.0 Å². The number of ether oxygens (including phenoxy) is 2. The van der Waals surface area contributed by atoms with Crippen molar-refractivity contribution in [3.05, 3.63) is 84.7 Å². The number of hydrogen-bond donors (Lipinski definition) is 2. The van der Waals surface area contributed by atoms with E-state index in [1.807, 2.05) is 18.2 Å². The molecule has 0 aliphatic rings. The molecule has 0 radical (unpaired) electrons. The summed E-state index contributed by atoms with van der Waals surface area (Å²) in [6, 6.07) is 18.7. The largest absolute Gasteiger partial charge is 0.457 e. The molecule has 33 heavy (non-hydrogen) atoms. The zero-order valence-electron chi connectivity index (χ0n) is 18.3. The maximum absolute atomic E-state index is 13.1. The van der Waals surface area contributed by atoms with E-state index in [2.05, 4.69) is 4.98 Å². The number of carbonyl (C=O) groups excluding carboxylic acids is 1. The van der Waals surface area contributed by atoms with Crippen LogP contribution >= 0.6 is 0 Å². The van der Waals surface area contributed by atoms with Crippen LogP contribution in [0, 0.1) is 5.41 Å². The Morgan fingerprint density at radius 3 is 2.21 bits per heavy atom. The summed E-state index contributed by atoms with van der Waals surface area (Å²) in [6.07, 6.45) is 1.95. The quantitative estimate of drug-likeness (QED) is 0.342. The predicted molar refractivity (Wildman–Crippen MR) is 122 cm³/mol. The van der Waals surface area contributed by atoms with Crippen LogP contribution in [0.15, 0.2) is 84.0 Å². The summed E-state index contributed by atoms with van der Waals surface area (Å²) < 4.78 is 37.7. The Hall–Kier alpha value is -3.27. The van der Waals surface area contributed by atoms with Crippen LogP contribution in [0.2, 0.25) is 0 Å². The molecule has 2 N–H and O–H groups in total. The highest BCUT2D eigenvalue weighted by molar-refractivity contribution is 7.91. The Bertz CT molecular complexity index is 1150. The molecule has 0 aliphatic heterocycles. The van der Waals surface area contributed by atoms with Crippen LogP contribution in [0.4, 0.5) is 0 Å². The number of para-hydroxylation sites is 1. The minimum atomic E-state index is -3.78. The fourth-order valence-electron chi connectivity index (χ4n) is 3.36. The molecule has 0 spiro atoms. The van der Waals surface area contributed by atoms with Crippen molar-refractivity contribution in [1.82, 2.24) is 10.5 Å². The molecule has 3 rings (SSSR count). The summed E-state index contributed by atoms with van der Waals surface area (Å²) in [6.45, 7) is 3.25. The van der Waals surface area contributed by atoms with E-state index in [1.54, 1.807) is 68.1 Å². The zero-order chi connectivity index (χ0) is 23.9. The van der Waals surface area contributed by atoms with Crippen molar-refractivity contribution in [1.29, 1.82) is 0 Å². The maximum atomic E-state index is 13.1.